The Kier molecular flexibility index (Phi) is 4.54. The lowest BCUT2D eigenvalue weighted by molar-refractivity contribution is -0.128. The lowest BCUT2D eigenvalue weighted by atomic mass is 10.1. The van der Waals surface area contributed by atoms with Gasteiger partial charge < -0.3 is 14.5 Å². The predicted molar refractivity (Wildman–Crippen MR) is 86.4 cm³/mol. The highest BCUT2D eigenvalue weighted by Gasteiger charge is 2.27. The molecule has 7 nitrogen and oxygen atoms in total. The van der Waals surface area contributed by atoms with Crippen LogP contribution in [-0.4, -0.2) is 68.1 Å². The van der Waals surface area contributed by atoms with Crippen molar-refractivity contribution >= 4 is 21.8 Å². The molecule has 0 spiro atoms. The Labute approximate surface area is 136 Å². The Morgan fingerprint density at radius 3 is 3.00 bits per heavy atom. The quantitative estimate of drug-likeness (QED) is 0.746. The van der Waals surface area contributed by atoms with Crippen LogP contribution in [0.4, 0.5) is 0 Å². The number of ether oxygens (including phenoxy) is 1. The average molecular weight is 339 g/mol. The zero-order valence-corrected chi connectivity index (χ0v) is 14.0. The molecule has 0 aromatic carbocycles. The van der Waals surface area contributed by atoms with Crippen molar-refractivity contribution in [1.82, 2.24) is 9.80 Å². The molecule has 0 aromatic heterocycles. The molecule has 23 heavy (non-hydrogen) atoms. The molecule has 1 fully saturated rings. The number of fused-ring (bicyclic) bond motifs is 1. The van der Waals surface area contributed by atoms with Crippen LogP contribution < -0.4 is 0 Å². The van der Waals surface area contributed by atoms with E-state index in [1.807, 2.05) is 6.92 Å². The van der Waals surface area contributed by atoms with E-state index in [0.717, 1.165) is 19.4 Å². The minimum absolute atomic E-state index is 0.0320. The molecule has 1 atom stereocenters. The van der Waals surface area contributed by atoms with Crippen LogP contribution in [0.25, 0.3) is 0 Å². The number of rotatable bonds is 4. The van der Waals surface area contributed by atoms with E-state index in [9.17, 15) is 13.2 Å². The molecule has 8 heteroatoms. The fraction of sp³-hybridized carbons (Fsp3) is 0.600. The second kappa shape index (κ2) is 6.45. The Balaban J connectivity index is 1.72. The summed E-state index contributed by atoms with van der Waals surface area (Å²) in [5, 5.41) is 0. The van der Waals surface area contributed by atoms with Gasteiger partial charge in [0.15, 0.2) is 0 Å². The molecule has 0 unspecified atom stereocenters. The number of hydrogen-bond donors (Lipinski definition) is 0. The number of amidine groups is 1. The van der Waals surface area contributed by atoms with Gasteiger partial charge in [0, 0.05) is 32.4 Å². The number of likely N-dealkylation sites (N-methyl/N-ethyl adjacent to an activating group) is 1. The van der Waals surface area contributed by atoms with Crippen LogP contribution in [0, 0.1) is 0 Å². The summed E-state index contributed by atoms with van der Waals surface area (Å²) < 4.78 is 32.3. The average Bonchev–Trinajstić information content (AvgIpc) is 3.03. The number of hydrogen-bond acceptors (Lipinski definition) is 5. The fourth-order valence-electron chi connectivity index (χ4n) is 2.90. The van der Waals surface area contributed by atoms with Crippen molar-refractivity contribution in [3.05, 3.63) is 23.9 Å². The van der Waals surface area contributed by atoms with Crippen molar-refractivity contribution in [3.8, 4) is 0 Å². The molecule has 3 aliphatic heterocycles. The molecule has 1 saturated heterocycles. The van der Waals surface area contributed by atoms with Crippen molar-refractivity contribution in [1.29, 1.82) is 0 Å². The highest BCUT2D eigenvalue weighted by atomic mass is 32.2. The van der Waals surface area contributed by atoms with Gasteiger partial charge in [-0.15, -0.1) is 4.40 Å². The molecule has 0 N–H and O–H groups in total. The standard InChI is InChI=1S/C15H21N3O4S/c1-2-17(11-13-4-3-8-22-13)15(19)12-5-6-14-16-23(20,21)9-7-18(14)10-12/h5-6,10,13H,2-4,7-9,11H2,1H3/t13-/m0/s1. The third-order valence-corrected chi connectivity index (χ3v) is 5.35. The lowest BCUT2D eigenvalue weighted by Crippen LogP contribution is -2.41. The highest BCUT2D eigenvalue weighted by molar-refractivity contribution is 7.90. The molecule has 0 aliphatic carbocycles. The Bertz CT molecular complexity index is 675. The van der Waals surface area contributed by atoms with Crippen molar-refractivity contribution in [2.75, 3.05) is 32.0 Å². The maximum Gasteiger partial charge on any atom is 0.256 e. The van der Waals surface area contributed by atoms with Crippen LogP contribution in [0.15, 0.2) is 28.3 Å². The Morgan fingerprint density at radius 2 is 2.30 bits per heavy atom. The van der Waals surface area contributed by atoms with E-state index >= 15 is 0 Å². The summed E-state index contributed by atoms with van der Waals surface area (Å²) in [5.41, 5.74) is 0.545. The van der Waals surface area contributed by atoms with Crippen molar-refractivity contribution < 1.29 is 17.9 Å². The maximum atomic E-state index is 12.7. The minimum atomic E-state index is -3.37. The Hall–Kier alpha value is -1.67. The van der Waals surface area contributed by atoms with E-state index in [1.165, 1.54) is 0 Å². The monoisotopic (exact) mass is 339 g/mol. The predicted octanol–water partition coefficient (Wildman–Crippen LogP) is 0.512. The van der Waals surface area contributed by atoms with Gasteiger partial charge >= 0.3 is 0 Å². The first-order valence-electron chi connectivity index (χ1n) is 7.88. The minimum Gasteiger partial charge on any atom is -0.376 e. The topological polar surface area (TPSA) is 79.3 Å². The van der Waals surface area contributed by atoms with Gasteiger partial charge in [-0.2, -0.15) is 0 Å². The maximum absolute atomic E-state index is 12.7. The van der Waals surface area contributed by atoms with Gasteiger partial charge in [-0.1, -0.05) is 0 Å². The smallest absolute Gasteiger partial charge is 0.256 e. The third kappa shape index (κ3) is 3.64. The van der Waals surface area contributed by atoms with E-state index in [2.05, 4.69) is 4.40 Å². The summed E-state index contributed by atoms with van der Waals surface area (Å²) in [6.45, 7) is 4.23. The van der Waals surface area contributed by atoms with E-state index in [4.69, 9.17) is 4.74 Å². The number of carbonyl (C=O) groups is 1. The zero-order chi connectivity index (χ0) is 16.4. The lowest BCUT2D eigenvalue weighted by Gasteiger charge is -2.29. The molecule has 3 aliphatic rings. The number of sulfonamides is 1. The van der Waals surface area contributed by atoms with Crippen molar-refractivity contribution in [2.24, 2.45) is 4.40 Å². The first-order chi connectivity index (χ1) is 11.0. The highest BCUT2D eigenvalue weighted by Crippen LogP contribution is 2.19. The van der Waals surface area contributed by atoms with Crippen LogP contribution in [-0.2, 0) is 19.6 Å². The molecule has 0 saturated carbocycles. The van der Waals surface area contributed by atoms with Crippen LogP contribution in [0.3, 0.4) is 0 Å². The summed E-state index contributed by atoms with van der Waals surface area (Å²) in [6.07, 6.45) is 7.05. The molecule has 0 aromatic rings. The molecule has 0 bridgehead atoms. The summed E-state index contributed by atoms with van der Waals surface area (Å²) in [4.78, 5) is 16.2. The van der Waals surface area contributed by atoms with Gasteiger partial charge in [0.2, 0.25) is 0 Å². The summed E-state index contributed by atoms with van der Waals surface area (Å²) in [6, 6.07) is 0. The second-order valence-electron chi connectivity index (χ2n) is 5.83. The van der Waals surface area contributed by atoms with Gasteiger partial charge in [-0.05, 0) is 31.9 Å². The van der Waals surface area contributed by atoms with Crippen LogP contribution in [0.2, 0.25) is 0 Å². The summed E-state index contributed by atoms with van der Waals surface area (Å²) in [7, 11) is -3.37. The van der Waals surface area contributed by atoms with Gasteiger partial charge in [0.05, 0.1) is 17.4 Å². The van der Waals surface area contributed by atoms with Crippen molar-refractivity contribution in [2.45, 2.75) is 25.9 Å². The van der Waals surface area contributed by atoms with Crippen LogP contribution in [0.1, 0.15) is 19.8 Å². The number of carbonyl (C=O) groups excluding carboxylic acids is 1. The normalized spacial score (nSPS) is 25.6. The molecule has 0 radical (unpaired) electrons. The van der Waals surface area contributed by atoms with Crippen LogP contribution >= 0.6 is 0 Å². The van der Waals surface area contributed by atoms with E-state index in [0.29, 0.717) is 31.0 Å². The van der Waals surface area contributed by atoms with E-state index < -0.39 is 10.0 Å². The summed E-state index contributed by atoms with van der Waals surface area (Å²) >= 11 is 0. The van der Waals surface area contributed by atoms with Crippen molar-refractivity contribution in [3.63, 3.8) is 0 Å². The molecular formula is C15H21N3O4S. The first kappa shape index (κ1) is 16.2. The van der Waals surface area contributed by atoms with Crippen LogP contribution in [0.5, 0.6) is 0 Å². The molecule has 1 amide bonds. The van der Waals surface area contributed by atoms with E-state index in [1.54, 1.807) is 28.2 Å². The van der Waals surface area contributed by atoms with Gasteiger partial charge in [-0.3, -0.25) is 4.79 Å². The number of nitrogens with zero attached hydrogens (tertiary/aromatic N) is 3. The van der Waals surface area contributed by atoms with E-state index in [-0.39, 0.29) is 17.8 Å². The summed E-state index contributed by atoms with van der Waals surface area (Å²) in [5.74, 6) is 0.275. The van der Waals surface area contributed by atoms with Gasteiger partial charge in [0.25, 0.3) is 15.9 Å². The zero-order valence-electron chi connectivity index (χ0n) is 13.1. The molecule has 3 rings (SSSR count). The van der Waals surface area contributed by atoms with Gasteiger partial charge in [0.1, 0.15) is 5.84 Å². The first-order valence-corrected chi connectivity index (χ1v) is 9.49. The number of amides is 1. The van der Waals surface area contributed by atoms with Gasteiger partial charge in [-0.25, -0.2) is 8.42 Å². The molecule has 126 valence electrons. The molecule has 3 heterocycles. The third-order valence-electron chi connectivity index (χ3n) is 4.19. The Morgan fingerprint density at radius 1 is 1.48 bits per heavy atom. The second-order valence-corrected chi connectivity index (χ2v) is 7.58. The molecular weight excluding hydrogens is 318 g/mol. The largest absolute Gasteiger partial charge is 0.376 e. The SMILES string of the molecule is CCN(C[C@@H]1CCCO1)C(=O)C1=CN2CCS(=O)(=O)N=C2C=C1. The fourth-order valence-corrected chi connectivity index (χ4v) is 3.87.